The monoisotopic (exact) mass is 405 g/mol. The van der Waals surface area contributed by atoms with E-state index < -0.39 is 6.10 Å². The number of nitriles is 1. The molecule has 0 saturated heterocycles. The summed E-state index contributed by atoms with van der Waals surface area (Å²) in [5, 5.41) is 18.8. The number of rotatable bonds is 9. The predicted molar refractivity (Wildman–Crippen MR) is 98.9 cm³/mol. The molecule has 0 aliphatic carbocycles. The van der Waals surface area contributed by atoms with E-state index in [1.54, 1.807) is 24.3 Å². The molecule has 2 aromatic carbocycles. The van der Waals surface area contributed by atoms with E-state index in [2.05, 4.69) is 22.0 Å². The number of benzene rings is 2. The summed E-state index contributed by atoms with van der Waals surface area (Å²) in [6.07, 6.45) is -0.566. The fourth-order valence-electron chi connectivity index (χ4n) is 2.26. The van der Waals surface area contributed by atoms with Gasteiger partial charge in [0, 0.05) is 4.47 Å². The largest absolute Gasteiger partial charge is 0.491 e. The van der Waals surface area contributed by atoms with Crippen molar-refractivity contribution in [1.29, 1.82) is 5.26 Å². The van der Waals surface area contributed by atoms with E-state index >= 15 is 0 Å². The van der Waals surface area contributed by atoms with Gasteiger partial charge >= 0.3 is 0 Å². The third kappa shape index (κ3) is 7.14. The zero-order valence-electron chi connectivity index (χ0n) is 14.1. The smallest absolute Gasteiger partial charge is 0.137 e. The lowest BCUT2D eigenvalue weighted by Gasteiger charge is -2.18. The molecule has 0 aromatic heterocycles. The molecule has 132 valence electrons. The Morgan fingerprint density at radius 1 is 1.08 bits per heavy atom. The molecule has 2 N–H and O–H groups in total. The van der Waals surface area contributed by atoms with Gasteiger partial charge in [-0.15, -0.1) is 0 Å². The molecule has 2 rings (SSSR count). The molecule has 5 nitrogen and oxygen atoms in total. The second-order valence-electron chi connectivity index (χ2n) is 5.81. The van der Waals surface area contributed by atoms with Crippen LogP contribution in [0.3, 0.4) is 0 Å². The lowest BCUT2D eigenvalue weighted by atomic mass is 10.2. The van der Waals surface area contributed by atoms with Gasteiger partial charge in [-0.3, -0.25) is 0 Å². The first-order valence-corrected chi connectivity index (χ1v) is 8.87. The number of nitrogens with one attached hydrogen (secondary N) is 1. The maximum absolute atomic E-state index is 10.1. The SMILES string of the molecule is C[NH+](CCOc1ccc(Br)cc1)C[C@@H](O)COc1ccc(C#N)cc1. The lowest BCUT2D eigenvalue weighted by Crippen LogP contribution is -3.10. The van der Waals surface area contributed by atoms with E-state index in [4.69, 9.17) is 14.7 Å². The van der Waals surface area contributed by atoms with E-state index in [0.29, 0.717) is 24.5 Å². The molecule has 0 bridgehead atoms. The number of ether oxygens (including phenoxy) is 2. The van der Waals surface area contributed by atoms with Crippen LogP contribution in [0.2, 0.25) is 0 Å². The normalized spacial score (nSPS) is 12.9. The van der Waals surface area contributed by atoms with E-state index in [-0.39, 0.29) is 6.61 Å². The highest BCUT2D eigenvalue weighted by atomic mass is 79.9. The van der Waals surface area contributed by atoms with Crippen molar-refractivity contribution in [3.63, 3.8) is 0 Å². The van der Waals surface area contributed by atoms with Crippen LogP contribution in [0.15, 0.2) is 53.0 Å². The number of hydrogen-bond acceptors (Lipinski definition) is 4. The van der Waals surface area contributed by atoms with Crippen molar-refractivity contribution in [3.8, 4) is 17.6 Å². The summed E-state index contributed by atoms with van der Waals surface area (Å²) >= 11 is 3.39. The number of quaternary nitrogens is 1. The average molecular weight is 406 g/mol. The average Bonchev–Trinajstić information content (AvgIpc) is 2.62. The third-order valence-corrected chi connectivity index (χ3v) is 4.15. The minimum Gasteiger partial charge on any atom is -0.491 e. The van der Waals surface area contributed by atoms with Crippen molar-refractivity contribution in [2.45, 2.75) is 6.10 Å². The summed E-state index contributed by atoms with van der Waals surface area (Å²) in [4.78, 5) is 1.16. The first-order chi connectivity index (χ1) is 12.1. The zero-order valence-corrected chi connectivity index (χ0v) is 15.7. The van der Waals surface area contributed by atoms with Crippen LogP contribution in [0.1, 0.15) is 5.56 Å². The Kier molecular flexibility index (Phi) is 7.74. The molecule has 0 fully saturated rings. The maximum Gasteiger partial charge on any atom is 0.137 e. The molecule has 2 aromatic rings. The number of aliphatic hydroxyl groups is 1. The second-order valence-corrected chi connectivity index (χ2v) is 6.73. The van der Waals surface area contributed by atoms with Gasteiger partial charge in [-0.1, -0.05) is 15.9 Å². The van der Waals surface area contributed by atoms with Gasteiger partial charge in [0.2, 0.25) is 0 Å². The molecule has 1 unspecified atom stereocenters. The van der Waals surface area contributed by atoms with Gasteiger partial charge in [0.15, 0.2) is 0 Å². The fourth-order valence-corrected chi connectivity index (χ4v) is 2.52. The molecule has 25 heavy (non-hydrogen) atoms. The molecule has 0 amide bonds. The molecule has 0 heterocycles. The minimum atomic E-state index is -0.566. The topological polar surface area (TPSA) is 66.9 Å². The highest BCUT2D eigenvalue weighted by molar-refractivity contribution is 9.10. The van der Waals surface area contributed by atoms with Crippen LogP contribution in [0, 0.1) is 11.3 Å². The van der Waals surface area contributed by atoms with Gasteiger partial charge in [-0.25, -0.2) is 0 Å². The predicted octanol–water partition coefficient (Wildman–Crippen LogP) is 1.65. The van der Waals surface area contributed by atoms with Crippen LogP contribution in [0.5, 0.6) is 11.5 Å². The standard InChI is InChI=1S/C19H21BrN2O3/c1-22(10-11-24-18-8-4-16(20)5-9-18)13-17(23)14-25-19-6-2-15(12-21)3-7-19/h2-9,17,23H,10-11,13-14H2,1H3/p+1/t17-/m1/s1. The summed E-state index contributed by atoms with van der Waals surface area (Å²) in [5.74, 6) is 1.48. The van der Waals surface area contributed by atoms with Crippen LogP contribution in [0.4, 0.5) is 0 Å². The summed E-state index contributed by atoms with van der Waals surface area (Å²) in [5.41, 5.74) is 0.586. The molecule has 0 saturated carbocycles. The highest BCUT2D eigenvalue weighted by Gasteiger charge is 2.12. The molecule has 0 aliphatic rings. The first-order valence-electron chi connectivity index (χ1n) is 8.07. The summed E-state index contributed by atoms with van der Waals surface area (Å²) < 4.78 is 12.2. The fraction of sp³-hybridized carbons (Fsp3) is 0.316. The number of halogens is 1. The maximum atomic E-state index is 10.1. The van der Waals surface area contributed by atoms with Crippen molar-refractivity contribution in [3.05, 3.63) is 58.6 Å². The zero-order chi connectivity index (χ0) is 18.1. The summed E-state index contributed by atoms with van der Waals surface area (Å²) in [6.45, 7) is 2.15. The Labute approximate surface area is 156 Å². The van der Waals surface area contributed by atoms with Crippen LogP contribution in [-0.2, 0) is 0 Å². The van der Waals surface area contributed by atoms with Crippen LogP contribution in [0.25, 0.3) is 0 Å². The number of nitrogens with zero attached hydrogens (tertiary/aromatic N) is 1. The van der Waals surface area contributed by atoms with Crippen molar-refractivity contribution in [1.82, 2.24) is 0 Å². The van der Waals surface area contributed by atoms with Gasteiger partial charge in [-0.05, 0) is 48.5 Å². The van der Waals surface area contributed by atoms with Crippen molar-refractivity contribution < 1.29 is 19.5 Å². The lowest BCUT2D eigenvalue weighted by molar-refractivity contribution is -0.883. The van der Waals surface area contributed by atoms with Gasteiger partial charge in [-0.2, -0.15) is 5.26 Å². The van der Waals surface area contributed by atoms with E-state index in [0.717, 1.165) is 21.7 Å². The molecule has 2 atom stereocenters. The van der Waals surface area contributed by atoms with Gasteiger partial charge in [0.25, 0.3) is 0 Å². The molecule has 0 aliphatic heterocycles. The molecule has 6 heteroatoms. The van der Waals surface area contributed by atoms with E-state index in [1.807, 2.05) is 31.3 Å². The first kappa shape index (κ1) is 19.3. The number of aliphatic hydroxyl groups excluding tert-OH is 1. The van der Waals surface area contributed by atoms with Gasteiger partial charge in [0.1, 0.15) is 43.9 Å². The molecular weight excluding hydrogens is 384 g/mol. The van der Waals surface area contributed by atoms with E-state index in [9.17, 15) is 5.11 Å². The summed E-state index contributed by atoms with van der Waals surface area (Å²) in [7, 11) is 2.01. The molecule has 0 radical (unpaired) electrons. The minimum absolute atomic E-state index is 0.219. The second kappa shape index (κ2) is 10.0. The van der Waals surface area contributed by atoms with Gasteiger partial charge in [0.05, 0.1) is 18.7 Å². The van der Waals surface area contributed by atoms with Crippen LogP contribution >= 0.6 is 15.9 Å². The van der Waals surface area contributed by atoms with Crippen LogP contribution in [-0.4, -0.2) is 44.6 Å². The van der Waals surface area contributed by atoms with Crippen molar-refractivity contribution in [2.75, 3.05) is 33.4 Å². The Hall–Kier alpha value is -2.07. The molecular formula is C19H22BrN2O3+. The third-order valence-electron chi connectivity index (χ3n) is 3.62. The number of likely N-dealkylation sites (N-methyl/N-ethyl adjacent to an activating group) is 1. The quantitative estimate of drug-likeness (QED) is 0.665. The van der Waals surface area contributed by atoms with E-state index in [1.165, 1.54) is 0 Å². The Morgan fingerprint density at radius 2 is 1.68 bits per heavy atom. The highest BCUT2D eigenvalue weighted by Crippen LogP contribution is 2.15. The molecule has 0 spiro atoms. The van der Waals surface area contributed by atoms with Crippen molar-refractivity contribution in [2.24, 2.45) is 0 Å². The Bertz CT molecular complexity index is 683. The Balaban J connectivity index is 1.64. The summed E-state index contributed by atoms with van der Waals surface area (Å²) in [6, 6.07) is 16.6. The number of hydrogen-bond donors (Lipinski definition) is 2. The van der Waals surface area contributed by atoms with Crippen molar-refractivity contribution >= 4 is 15.9 Å². The van der Waals surface area contributed by atoms with Gasteiger partial charge < -0.3 is 19.5 Å². The van der Waals surface area contributed by atoms with Crippen LogP contribution < -0.4 is 14.4 Å². The Morgan fingerprint density at radius 3 is 2.32 bits per heavy atom.